The molecule has 132 valence electrons. The molecule has 1 N–H and O–H groups in total. The Morgan fingerprint density at radius 1 is 1.16 bits per heavy atom. The number of benzene rings is 1. The van der Waals surface area contributed by atoms with Gasteiger partial charge >= 0.3 is 0 Å². The van der Waals surface area contributed by atoms with E-state index in [0.29, 0.717) is 5.56 Å². The van der Waals surface area contributed by atoms with Crippen LogP contribution in [0.5, 0.6) is 0 Å². The summed E-state index contributed by atoms with van der Waals surface area (Å²) in [5.41, 5.74) is 2.55. The van der Waals surface area contributed by atoms with Crippen LogP contribution in [0.25, 0.3) is 0 Å². The van der Waals surface area contributed by atoms with Crippen LogP contribution in [-0.2, 0) is 0 Å². The fourth-order valence-corrected chi connectivity index (χ4v) is 3.62. The smallest absolute Gasteiger partial charge is 0.258 e. The second kappa shape index (κ2) is 8.36. The quantitative estimate of drug-likeness (QED) is 0.834. The van der Waals surface area contributed by atoms with Crippen molar-refractivity contribution in [3.05, 3.63) is 48.2 Å². The number of carbonyl (C=O) groups excluding carboxylic acids is 1. The monoisotopic (exact) mass is 356 g/mol. The van der Waals surface area contributed by atoms with Crippen LogP contribution in [0.1, 0.15) is 17.3 Å². The number of pyridine rings is 1. The summed E-state index contributed by atoms with van der Waals surface area (Å²) in [6.07, 6.45) is 3.64. The van der Waals surface area contributed by atoms with Crippen molar-refractivity contribution in [1.82, 2.24) is 9.88 Å². The van der Waals surface area contributed by atoms with E-state index in [1.54, 1.807) is 12.3 Å². The van der Waals surface area contributed by atoms with Crippen molar-refractivity contribution >= 4 is 29.0 Å². The Labute approximate surface area is 153 Å². The van der Waals surface area contributed by atoms with Gasteiger partial charge < -0.3 is 15.1 Å². The Bertz CT molecular complexity index is 729. The highest BCUT2D eigenvalue weighted by atomic mass is 32.2. The minimum Gasteiger partial charge on any atom is -0.367 e. The van der Waals surface area contributed by atoms with Crippen LogP contribution in [0.4, 0.5) is 11.4 Å². The molecule has 5 nitrogen and oxygen atoms in total. The maximum Gasteiger partial charge on any atom is 0.258 e. The van der Waals surface area contributed by atoms with Gasteiger partial charge in [-0.15, -0.1) is 11.8 Å². The minimum absolute atomic E-state index is 0.114. The van der Waals surface area contributed by atoms with Crippen molar-refractivity contribution in [2.24, 2.45) is 0 Å². The molecule has 0 bridgehead atoms. The van der Waals surface area contributed by atoms with Crippen LogP contribution in [0.3, 0.4) is 0 Å². The van der Waals surface area contributed by atoms with Crippen molar-refractivity contribution in [3.63, 3.8) is 0 Å². The number of thioether (sulfide) groups is 1. The van der Waals surface area contributed by atoms with E-state index < -0.39 is 0 Å². The first-order valence-electron chi connectivity index (χ1n) is 8.59. The van der Waals surface area contributed by atoms with E-state index in [2.05, 4.69) is 33.1 Å². The van der Waals surface area contributed by atoms with Gasteiger partial charge in [0.1, 0.15) is 5.03 Å². The number of anilines is 2. The van der Waals surface area contributed by atoms with Gasteiger partial charge in [-0.3, -0.25) is 4.79 Å². The van der Waals surface area contributed by atoms with Gasteiger partial charge in [-0.1, -0.05) is 19.1 Å². The molecule has 25 heavy (non-hydrogen) atoms. The molecule has 0 unspecified atom stereocenters. The lowest BCUT2D eigenvalue weighted by atomic mass is 10.2. The summed E-state index contributed by atoms with van der Waals surface area (Å²) in [4.78, 5) is 21.8. The van der Waals surface area contributed by atoms with Crippen LogP contribution >= 0.6 is 11.8 Å². The number of nitrogens with zero attached hydrogens (tertiary/aromatic N) is 3. The summed E-state index contributed by atoms with van der Waals surface area (Å²) in [6.45, 7) is 7.34. The van der Waals surface area contributed by atoms with Crippen molar-refractivity contribution in [2.45, 2.75) is 11.9 Å². The van der Waals surface area contributed by atoms with E-state index >= 15 is 0 Å². The molecule has 0 radical (unpaired) electrons. The minimum atomic E-state index is -0.114. The number of piperazine rings is 1. The van der Waals surface area contributed by atoms with E-state index in [0.717, 1.165) is 49.1 Å². The zero-order valence-electron chi connectivity index (χ0n) is 14.7. The molecule has 1 aromatic carbocycles. The Morgan fingerprint density at radius 2 is 1.92 bits per heavy atom. The van der Waals surface area contributed by atoms with E-state index in [1.807, 2.05) is 30.5 Å². The zero-order valence-corrected chi connectivity index (χ0v) is 15.6. The Kier molecular flexibility index (Phi) is 5.94. The van der Waals surface area contributed by atoms with E-state index in [4.69, 9.17) is 0 Å². The first kappa shape index (κ1) is 17.8. The lowest BCUT2D eigenvalue weighted by Gasteiger charge is -2.36. The normalized spacial score (nSPS) is 15.2. The lowest BCUT2D eigenvalue weighted by Crippen LogP contribution is -2.46. The highest BCUT2D eigenvalue weighted by Crippen LogP contribution is 2.28. The van der Waals surface area contributed by atoms with Crippen LogP contribution in [-0.4, -0.2) is 54.8 Å². The van der Waals surface area contributed by atoms with Crippen LogP contribution < -0.4 is 10.2 Å². The van der Waals surface area contributed by atoms with Crippen molar-refractivity contribution in [3.8, 4) is 0 Å². The average Bonchev–Trinajstić information content (AvgIpc) is 2.68. The zero-order chi connectivity index (χ0) is 17.6. The van der Waals surface area contributed by atoms with Crippen LogP contribution in [0.2, 0.25) is 0 Å². The molecule has 0 atom stereocenters. The first-order valence-corrected chi connectivity index (χ1v) is 9.82. The molecular weight excluding hydrogens is 332 g/mol. The highest BCUT2D eigenvalue weighted by Gasteiger charge is 2.19. The van der Waals surface area contributed by atoms with E-state index in [1.165, 1.54) is 11.8 Å². The predicted octanol–water partition coefficient (Wildman–Crippen LogP) is 3.20. The molecule has 1 amide bonds. The lowest BCUT2D eigenvalue weighted by molar-refractivity contribution is 0.102. The Balaban J connectivity index is 1.78. The third-order valence-electron chi connectivity index (χ3n) is 4.52. The van der Waals surface area contributed by atoms with E-state index in [-0.39, 0.29) is 5.91 Å². The van der Waals surface area contributed by atoms with Gasteiger partial charge in [0.2, 0.25) is 0 Å². The molecule has 1 fully saturated rings. The van der Waals surface area contributed by atoms with Crippen LogP contribution in [0.15, 0.2) is 47.6 Å². The third kappa shape index (κ3) is 4.14. The van der Waals surface area contributed by atoms with Gasteiger partial charge in [0.25, 0.3) is 5.91 Å². The molecule has 2 heterocycles. The molecule has 0 spiro atoms. The topological polar surface area (TPSA) is 48.5 Å². The summed E-state index contributed by atoms with van der Waals surface area (Å²) < 4.78 is 0. The van der Waals surface area contributed by atoms with Gasteiger partial charge in [0.05, 0.1) is 16.9 Å². The number of nitrogens with one attached hydrogen (secondary N) is 1. The summed E-state index contributed by atoms with van der Waals surface area (Å²) in [5, 5.41) is 3.82. The summed E-state index contributed by atoms with van der Waals surface area (Å²) in [7, 11) is 0. The molecule has 3 rings (SSSR count). The second-order valence-electron chi connectivity index (χ2n) is 5.95. The van der Waals surface area contributed by atoms with Crippen molar-refractivity contribution in [2.75, 3.05) is 49.2 Å². The van der Waals surface area contributed by atoms with Gasteiger partial charge in [-0.05, 0) is 37.1 Å². The molecule has 1 saturated heterocycles. The van der Waals surface area contributed by atoms with E-state index in [9.17, 15) is 4.79 Å². The van der Waals surface area contributed by atoms with Gasteiger partial charge in [-0.2, -0.15) is 0 Å². The number of likely N-dealkylation sites (N-methyl/N-ethyl adjacent to an activating group) is 1. The number of aromatic nitrogens is 1. The van der Waals surface area contributed by atoms with Gasteiger partial charge in [0, 0.05) is 32.4 Å². The SMILES string of the molecule is CCN1CCN(c2ccccc2NC(=O)c2cccnc2SC)CC1. The molecule has 0 saturated carbocycles. The maximum absolute atomic E-state index is 12.7. The predicted molar refractivity (Wildman–Crippen MR) is 105 cm³/mol. The fourth-order valence-electron chi connectivity index (χ4n) is 3.08. The average molecular weight is 356 g/mol. The Morgan fingerprint density at radius 3 is 2.64 bits per heavy atom. The molecule has 1 aromatic heterocycles. The molecule has 6 heteroatoms. The van der Waals surface area contributed by atoms with Gasteiger partial charge in [-0.25, -0.2) is 4.98 Å². The second-order valence-corrected chi connectivity index (χ2v) is 6.75. The van der Waals surface area contributed by atoms with Crippen molar-refractivity contribution < 1.29 is 4.79 Å². The summed E-state index contributed by atoms with van der Waals surface area (Å²) in [5.74, 6) is -0.114. The summed E-state index contributed by atoms with van der Waals surface area (Å²) >= 11 is 1.48. The fraction of sp³-hybridized carbons (Fsp3) is 0.368. The highest BCUT2D eigenvalue weighted by molar-refractivity contribution is 7.98. The molecule has 2 aromatic rings. The third-order valence-corrected chi connectivity index (χ3v) is 5.23. The van der Waals surface area contributed by atoms with Crippen molar-refractivity contribution in [1.29, 1.82) is 0 Å². The number of hydrogen-bond donors (Lipinski definition) is 1. The number of para-hydroxylation sites is 2. The Hall–Kier alpha value is -2.05. The number of carbonyl (C=O) groups is 1. The maximum atomic E-state index is 12.7. The number of amides is 1. The number of rotatable bonds is 5. The largest absolute Gasteiger partial charge is 0.367 e. The summed E-state index contributed by atoms with van der Waals surface area (Å²) in [6, 6.07) is 11.6. The van der Waals surface area contributed by atoms with Crippen LogP contribution in [0, 0.1) is 0 Å². The molecule has 1 aliphatic heterocycles. The number of hydrogen-bond acceptors (Lipinski definition) is 5. The first-order chi connectivity index (χ1) is 12.2. The molecule has 1 aliphatic rings. The van der Waals surface area contributed by atoms with Gasteiger partial charge in [0.15, 0.2) is 0 Å². The molecule has 0 aliphatic carbocycles. The standard InChI is InChI=1S/C19H24N4OS/c1-3-22-11-13-23(14-12-22)17-9-5-4-8-16(17)21-18(24)15-7-6-10-20-19(15)25-2/h4-10H,3,11-14H2,1-2H3,(H,21,24). The molecular formula is C19H24N4OS.